The summed E-state index contributed by atoms with van der Waals surface area (Å²) in [6.45, 7) is -0.0335. The molecule has 0 heterocycles. The number of Topliss-reactive ketones (excluding diaryl/α,β-unsaturated/α-hetero) is 1. The number of rotatable bonds is 5. The first-order valence-corrected chi connectivity index (χ1v) is 7.79. The fourth-order valence-corrected chi connectivity index (χ4v) is 2.66. The van der Waals surface area contributed by atoms with Crippen LogP contribution >= 0.6 is 0 Å². The third-order valence-electron chi connectivity index (χ3n) is 3.95. The Morgan fingerprint density at radius 3 is 2.33 bits per heavy atom. The molecule has 3 rings (SSSR count). The van der Waals surface area contributed by atoms with Crippen molar-refractivity contribution in [2.45, 2.75) is 0 Å². The topological polar surface area (TPSA) is 52.3 Å². The van der Waals surface area contributed by atoms with Gasteiger partial charge < -0.3 is 10.5 Å². The van der Waals surface area contributed by atoms with Crippen molar-refractivity contribution in [2.75, 3.05) is 13.7 Å². The molecule has 0 bridgehead atoms. The van der Waals surface area contributed by atoms with Crippen LogP contribution in [0.5, 0.6) is 5.75 Å². The second-order valence-electron chi connectivity index (χ2n) is 5.53. The van der Waals surface area contributed by atoms with Crippen molar-refractivity contribution in [3.8, 4) is 5.75 Å². The lowest BCUT2D eigenvalue weighted by Gasteiger charge is -2.07. The van der Waals surface area contributed by atoms with Crippen LogP contribution in [0.15, 0.2) is 60.7 Å². The SMILES string of the molecule is COc1ccc(/C=C/c2ccc3ccccc3c2)cc1C(=O)CN. The van der Waals surface area contributed by atoms with E-state index < -0.39 is 0 Å². The van der Waals surface area contributed by atoms with E-state index in [9.17, 15) is 4.79 Å². The first-order valence-electron chi connectivity index (χ1n) is 7.79. The minimum atomic E-state index is -0.132. The van der Waals surface area contributed by atoms with Crippen molar-refractivity contribution < 1.29 is 9.53 Å². The predicted molar refractivity (Wildman–Crippen MR) is 99.3 cm³/mol. The number of fused-ring (bicyclic) bond motifs is 1. The lowest BCUT2D eigenvalue weighted by molar-refractivity contribution is 0.0998. The number of hydrogen-bond donors (Lipinski definition) is 1. The summed E-state index contributed by atoms with van der Waals surface area (Å²) in [5.74, 6) is 0.418. The molecule has 0 aliphatic carbocycles. The number of ketones is 1. The van der Waals surface area contributed by atoms with Crippen LogP contribution in [0.1, 0.15) is 21.5 Å². The number of hydrogen-bond acceptors (Lipinski definition) is 3. The Balaban J connectivity index is 1.91. The molecule has 3 heteroatoms. The highest BCUT2D eigenvalue weighted by Crippen LogP contribution is 2.22. The smallest absolute Gasteiger partial charge is 0.180 e. The van der Waals surface area contributed by atoms with Crippen LogP contribution in [-0.4, -0.2) is 19.4 Å². The number of ether oxygens (including phenoxy) is 1. The van der Waals surface area contributed by atoms with Crippen molar-refractivity contribution >= 4 is 28.7 Å². The fraction of sp³-hybridized carbons (Fsp3) is 0.0952. The van der Waals surface area contributed by atoms with Gasteiger partial charge in [-0.15, -0.1) is 0 Å². The molecule has 0 spiro atoms. The maximum atomic E-state index is 11.9. The molecular formula is C21H19NO2. The molecule has 0 unspecified atom stereocenters. The standard InChI is InChI=1S/C21H19NO2/c1-24-21-11-9-16(13-19(21)20(23)14-22)7-6-15-8-10-17-4-2-3-5-18(17)12-15/h2-13H,14,22H2,1H3/b7-6+. The summed E-state index contributed by atoms with van der Waals surface area (Å²) < 4.78 is 5.23. The molecule has 0 saturated carbocycles. The molecule has 0 atom stereocenters. The first kappa shape index (κ1) is 16.0. The van der Waals surface area contributed by atoms with E-state index in [0.29, 0.717) is 11.3 Å². The van der Waals surface area contributed by atoms with Crippen molar-refractivity contribution in [2.24, 2.45) is 5.73 Å². The predicted octanol–water partition coefficient (Wildman–Crippen LogP) is 4.16. The second-order valence-corrected chi connectivity index (χ2v) is 5.53. The van der Waals surface area contributed by atoms with Gasteiger partial charge in [-0.05, 0) is 40.1 Å². The van der Waals surface area contributed by atoms with Gasteiger partial charge in [-0.2, -0.15) is 0 Å². The van der Waals surface area contributed by atoms with Crippen molar-refractivity contribution in [3.63, 3.8) is 0 Å². The Morgan fingerprint density at radius 2 is 1.62 bits per heavy atom. The van der Waals surface area contributed by atoms with E-state index in [-0.39, 0.29) is 12.3 Å². The first-order chi connectivity index (χ1) is 11.7. The molecule has 0 saturated heterocycles. The van der Waals surface area contributed by atoms with Gasteiger partial charge in [0.25, 0.3) is 0 Å². The van der Waals surface area contributed by atoms with Crippen LogP contribution in [-0.2, 0) is 0 Å². The molecule has 0 amide bonds. The highest BCUT2D eigenvalue weighted by Gasteiger charge is 2.10. The second kappa shape index (κ2) is 7.11. The highest BCUT2D eigenvalue weighted by atomic mass is 16.5. The normalized spacial score (nSPS) is 11.1. The summed E-state index contributed by atoms with van der Waals surface area (Å²) in [6, 6.07) is 20.1. The fourth-order valence-electron chi connectivity index (χ4n) is 2.66. The van der Waals surface area contributed by atoms with E-state index in [1.165, 1.54) is 10.8 Å². The molecule has 3 aromatic rings. The van der Waals surface area contributed by atoms with E-state index in [2.05, 4.69) is 30.3 Å². The Bertz CT molecular complexity index is 913. The lowest BCUT2D eigenvalue weighted by atomic mass is 10.0. The van der Waals surface area contributed by atoms with Gasteiger partial charge in [0.05, 0.1) is 19.2 Å². The number of nitrogens with two attached hydrogens (primary N) is 1. The van der Waals surface area contributed by atoms with Gasteiger partial charge in [0.2, 0.25) is 0 Å². The summed E-state index contributed by atoms with van der Waals surface area (Å²) in [5, 5.41) is 2.42. The van der Waals surface area contributed by atoms with Gasteiger partial charge in [0, 0.05) is 0 Å². The van der Waals surface area contributed by atoms with Crippen molar-refractivity contribution in [1.82, 2.24) is 0 Å². The number of benzene rings is 3. The van der Waals surface area contributed by atoms with E-state index in [1.807, 2.05) is 36.4 Å². The van der Waals surface area contributed by atoms with Gasteiger partial charge in [-0.1, -0.05) is 54.6 Å². The molecule has 0 aliphatic rings. The van der Waals surface area contributed by atoms with Gasteiger partial charge in [-0.25, -0.2) is 0 Å². The van der Waals surface area contributed by atoms with Gasteiger partial charge >= 0.3 is 0 Å². The quantitative estimate of drug-likeness (QED) is 0.568. The average molecular weight is 317 g/mol. The molecule has 24 heavy (non-hydrogen) atoms. The molecule has 3 aromatic carbocycles. The van der Waals surface area contributed by atoms with Crippen LogP contribution < -0.4 is 10.5 Å². The molecule has 2 N–H and O–H groups in total. The summed E-state index contributed by atoms with van der Waals surface area (Å²) in [6.07, 6.45) is 4.02. The Labute approximate surface area is 141 Å². The molecule has 0 radical (unpaired) electrons. The van der Waals surface area contributed by atoms with E-state index in [1.54, 1.807) is 13.2 Å². The largest absolute Gasteiger partial charge is 0.496 e. The molecule has 0 fully saturated rings. The van der Waals surface area contributed by atoms with E-state index in [0.717, 1.165) is 11.1 Å². The zero-order valence-corrected chi connectivity index (χ0v) is 13.5. The highest BCUT2D eigenvalue weighted by molar-refractivity contribution is 6.00. The Kier molecular flexibility index (Phi) is 4.73. The molecular weight excluding hydrogens is 298 g/mol. The van der Waals surface area contributed by atoms with Gasteiger partial charge in [0.1, 0.15) is 5.75 Å². The summed E-state index contributed by atoms with van der Waals surface area (Å²) >= 11 is 0. The Morgan fingerprint density at radius 1 is 0.958 bits per heavy atom. The number of carbonyl (C=O) groups excluding carboxylic acids is 1. The van der Waals surface area contributed by atoms with Crippen LogP contribution in [0.2, 0.25) is 0 Å². The number of carbonyl (C=O) groups is 1. The minimum absolute atomic E-state index is 0.0335. The maximum Gasteiger partial charge on any atom is 0.180 e. The van der Waals surface area contributed by atoms with Crippen LogP contribution in [0.25, 0.3) is 22.9 Å². The number of methoxy groups -OCH3 is 1. The summed E-state index contributed by atoms with van der Waals surface area (Å²) in [5.41, 5.74) is 8.03. The minimum Gasteiger partial charge on any atom is -0.496 e. The average Bonchev–Trinajstić information content (AvgIpc) is 2.65. The monoisotopic (exact) mass is 317 g/mol. The molecule has 0 aromatic heterocycles. The van der Waals surface area contributed by atoms with Crippen LogP contribution in [0.4, 0.5) is 0 Å². The van der Waals surface area contributed by atoms with Crippen LogP contribution in [0.3, 0.4) is 0 Å². The van der Waals surface area contributed by atoms with Crippen molar-refractivity contribution in [1.29, 1.82) is 0 Å². The zero-order chi connectivity index (χ0) is 16.9. The van der Waals surface area contributed by atoms with Gasteiger partial charge in [0.15, 0.2) is 5.78 Å². The maximum absolute atomic E-state index is 11.9. The van der Waals surface area contributed by atoms with E-state index >= 15 is 0 Å². The third kappa shape index (κ3) is 3.36. The van der Waals surface area contributed by atoms with E-state index in [4.69, 9.17) is 10.5 Å². The van der Waals surface area contributed by atoms with Crippen molar-refractivity contribution in [3.05, 3.63) is 77.4 Å². The summed E-state index contributed by atoms with van der Waals surface area (Å²) in [7, 11) is 1.55. The van der Waals surface area contributed by atoms with Crippen LogP contribution in [0, 0.1) is 0 Å². The van der Waals surface area contributed by atoms with Gasteiger partial charge in [-0.3, -0.25) is 4.79 Å². The Hall–Kier alpha value is -2.91. The zero-order valence-electron chi connectivity index (χ0n) is 13.5. The lowest BCUT2D eigenvalue weighted by Crippen LogP contribution is -2.14. The third-order valence-corrected chi connectivity index (χ3v) is 3.95. The molecule has 0 aliphatic heterocycles. The summed E-state index contributed by atoms with van der Waals surface area (Å²) in [4.78, 5) is 11.9. The molecule has 120 valence electrons. The molecule has 3 nitrogen and oxygen atoms in total.